The van der Waals surface area contributed by atoms with E-state index >= 15 is 0 Å². The topological polar surface area (TPSA) is 58.6 Å². The van der Waals surface area contributed by atoms with E-state index in [1.54, 1.807) is 0 Å². The van der Waals surface area contributed by atoms with E-state index < -0.39 is 0 Å². The Hall–Kier alpha value is -2.28. The summed E-state index contributed by atoms with van der Waals surface area (Å²) in [5.41, 5.74) is 1.05. The number of thioether (sulfide) groups is 1. The highest BCUT2D eigenvalue weighted by molar-refractivity contribution is 7.99. The summed E-state index contributed by atoms with van der Waals surface area (Å²) < 4.78 is 5.98. The minimum atomic E-state index is -0.0444. The van der Waals surface area contributed by atoms with Crippen LogP contribution in [0.15, 0.2) is 41.3 Å². The van der Waals surface area contributed by atoms with Crippen molar-refractivity contribution >= 4 is 23.5 Å². The van der Waals surface area contributed by atoms with E-state index in [4.69, 9.17) is 4.74 Å². The number of nitrogens with zero attached hydrogens (tertiary/aromatic N) is 4. The lowest BCUT2D eigenvalue weighted by Gasteiger charge is -2.32. The van der Waals surface area contributed by atoms with Crippen LogP contribution in [0.2, 0.25) is 0 Å². The Labute approximate surface area is 177 Å². The molecule has 1 unspecified atom stereocenters. The molecule has 3 rings (SSSR count). The first-order chi connectivity index (χ1) is 13.9. The van der Waals surface area contributed by atoms with Gasteiger partial charge in [-0.15, -0.1) is 22.0 Å². The summed E-state index contributed by atoms with van der Waals surface area (Å²) in [4.78, 5) is 17.8. The van der Waals surface area contributed by atoms with Gasteiger partial charge in [-0.2, -0.15) is 0 Å². The van der Waals surface area contributed by atoms with Crippen LogP contribution < -0.4 is 9.64 Å². The van der Waals surface area contributed by atoms with Gasteiger partial charge in [0.2, 0.25) is 11.8 Å². The Bertz CT molecular complexity index is 793. The molecule has 0 saturated carbocycles. The van der Waals surface area contributed by atoms with E-state index in [9.17, 15) is 4.79 Å². The van der Waals surface area contributed by atoms with Gasteiger partial charge in [-0.1, -0.05) is 26.0 Å². The van der Waals surface area contributed by atoms with Crippen molar-refractivity contribution in [2.45, 2.75) is 49.4 Å². The lowest BCUT2D eigenvalue weighted by atomic mass is 10.1. The van der Waals surface area contributed by atoms with Crippen LogP contribution >= 0.6 is 11.8 Å². The Balaban J connectivity index is 1.53. The van der Waals surface area contributed by atoms with Crippen LogP contribution in [0, 0.1) is 0 Å². The van der Waals surface area contributed by atoms with Crippen molar-refractivity contribution in [2.75, 3.05) is 32.1 Å². The third kappa shape index (κ3) is 6.35. The number of piperidine rings is 1. The molecule has 1 aromatic heterocycles. The lowest BCUT2D eigenvalue weighted by Crippen LogP contribution is -2.45. The normalized spacial score (nSPS) is 16.7. The van der Waals surface area contributed by atoms with E-state index in [0.29, 0.717) is 24.1 Å². The number of carbonyl (C=O) groups excluding carboxylic acids is 1. The molecule has 0 radical (unpaired) electrons. The van der Waals surface area contributed by atoms with Crippen LogP contribution in [0.3, 0.4) is 0 Å². The van der Waals surface area contributed by atoms with Crippen molar-refractivity contribution in [3.63, 3.8) is 0 Å². The zero-order valence-electron chi connectivity index (χ0n) is 17.7. The van der Waals surface area contributed by atoms with Gasteiger partial charge >= 0.3 is 0 Å². The van der Waals surface area contributed by atoms with Gasteiger partial charge in [-0.3, -0.25) is 4.79 Å². The second kappa shape index (κ2) is 9.96. The number of ether oxygens (including phenoxy) is 1. The van der Waals surface area contributed by atoms with Gasteiger partial charge in [0.1, 0.15) is 6.10 Å². The lowest BCUT2D eigenvalue weighted by molar-refractivity contribution is -0.133. The minimum absolute atomic E-state index is 0.0444. The molecule has 156 valence electrons. The number of benzene rings is 1. The van der Waals surface area contributed by atoms with Crippen LogP contribution in [0.1, 0.15) is 32.3 Å². The molecular formula is C22H30N4O2S. The number of carbonyl (C=O) groups is 1. The van der Waals surface area contributed by atoms with Crippen LogP contribution in [0.25, 0.3) is 0 Å². The van der Waals surface area contributed by atoms with Gasteiger partial charge in [0.05, 0.1) is 13.0 Å². The van der Waals surface area contributed by atoms with Gasteiger partial charge in [0.15, 0.2) is 5.82 Å². The van der Waals surface area contributed by atoms with Gasteiger partial charge in [0.25, 0.3) is 0 Å². The Morgan fingerprint density at radius 3 is 2.59 bits per heavy atom. The fraction of sp³-hybridized carbons (Fsp3) is 0.500. The van der Waals surface area contributed by atoms with Crippen molar-refractivity contribution in [1.82, 2.24) is 15.1 Å². The van der Waals surface area contributed by atoms with Gasteiger partial charge < -0.3 is 14.5 Å². The molecule has 1 amide bonds. The summed E-state index contributed by atoms with van der Waals surface area (Å²) in [6.07, 6.45) is 2.24. The second-order valence-electron chi connectivity index (χ2n) is 7.83. The van der Waals surface area contributed by atoms with Crippen molar-refractivity contribution < 1.29 is 9.53 Å². The fourth-order valence-corrected chi connectivity index (χ4v) is 4.13. The predicted octanol–water partition coefficient (Wildman–Crippen LogP) is 3.66. The Morgan fingerprint density at radius 2 is 1.97 bits per heavy atom. The zero-order valence-corrected chi connectivity index (χ0v) is 18.5. The molecule has 29 heavy (non-hydrogen) atoms. The smallest absolute Gasteiger partial charge is 0.233 e. The van der Waals surface area contributed by atoms with Gasteiger partial charge in [-0.25, -0.2) is 0 Å². The summed E-state index contributed by atoms with van der Waals surface area (Å²) in [7, 11) is 3.84. The molecule has 0 N–H and O–H groups in total. The van der Waals surface area contributed by atoms with Crippen LogP contribution in [-0.2, 0) is 11.2 Å². The molecule has 1 aromatic carbocycles. The summed E-state index contributed by atoms with van der Waals surface area (Å²) in [6, 6.07) is 12.0. The maximum atomic E-state index is 12.8. The van der Waals surface area contributed by atoms with E-state index in [2.05, 4.69) is 48.3 Å². The van der Waals surface area contributed by atoms with Gasteiger partial charge in [-0.05, 0) is 36.6 Å². The number of amides is 1. The molecule has 7 heteroatoms. The molecule has 0 aliphatic carbocycles. The van der Waals surface area contributed by atoms with E-state index in [1.807, 2.05) is 47.8 Å². The third-order valence-corrected chi connectivity index (χ3v) is 5.77. The number of likely N-dealkylation sites (tertiary alicyclic amines) is 1. The number of hydrogen-bond acceptors (Lipinski definition) is 6. The summed E-state index contributed by atoms with van der Waals surface area (Å²) in [6.45, 7) is 5.74. The summed E-state index contributed by atoms with van der Waals surface area (Å²) >= 11 is 1.83. The minimum Gasteiger partial charge on any atom is -0.471 e. The first-order valence-electron chi connectivity index (χ1n) is 10.1. The molecule has 1 aliphatic heterocycles. The molecule has 1 fully saturated rings. The Morgan fingerprint density at radius 1 is 1.21 bits per heavy atom. The SMILES string of the molecule is CC(C)Sc1ccc(CC(=O)N2CCCC(Oc3ccc(N(C)C)nn3)C2)cc1. The predicted molar refractivity (Wildman–Crippen MR) is 118 cm³/mol. The fourth-order valence-electron chi connectivity index (χ4n) is 3.29. The van der Waals surface area contributed by atoms with Crippen molar-refractivity contribution in [3.8, 4) is 5.88 Å². The van der Waals surface area contributed by atoms with E-state index in [-0.39, 0.29) is 12.0 Å². The molecule has 2 heterocycles. The van der Waals surface area contributed by atoms with Crippen LogP contribution in [0.4, 0.5) is 5.82 Å². The molecule has 6 nitrogen and oxygen atoms in total. The molecule has 0 spiro atoms. The summed E-state index contributed by atoms with van der Waals surface area (Å²) in [5, 5.41) is 8.84. The average Bonchev–Trinajstić information content (AvgIpc) is 2.70. The third-order valence-electron chi connectivity index (χ3n) is 4.75. The highest BCUT2D eigenvalue weighted by Crippen LogP contribution is 2.23. The molecule has 1 atom stereocenters. The van der Waals surface area contributed by atoms with Crippen molar-refractivity contribution in [3.05, 3.63) is 42.0 Å². The van der Waals surface area contributed by atoms with Gasteiger partial charge in [0, 0.05) is 36.9 Å². The molecule has 0 bridgehead atoms. The summed E-state index contributed by atoms with van der Waals surface area (Å²) in [5.74, 6) is 1.44. The molecule has 2 aromatic rings. The number of anilines is 1. The first-order valence-corrected chi connectivity index (χ1v) is 11.0. The van der Waals surface area contributed by atoms with Crippen molar-refractivity contribution in [1.29, 1.82) is 0 Å². The van der Waals surface area contributed by atoms with E-state index in [1.165, 1.54) is 4.90 Å². The standard InChI is InChI=1S/C22H30N4O2S/c1-16(2)29-19-9-7-17(8-10-19)14-22(27)26-13-5-6-18(15-26)28-21-12-11-20(23-24-21)25(3)4/h7-12,16,18H,5-6,13-15H2,1-4H3. The van der Waals surface area contributed by atoms with E-state index in [0.717, 1.165) is 30.8 Å². The monoisotopic (exact) mass is 414 g/mol. The zero-order chi connectivity index (χ0) is 20.8. The molecule has 1 aliphatic rings. The molecule has 1 saturated heterocycles. The van der Waals surface area contributed by atoms with Crippen LogP contribution in [-0.4, -0.2) is 59.5 Å². The Kier molecular flexibility index (Phi) is 7.36. The number of rotatable bonds is 7. The van der Waals surface area contributed by atoms with Crippen molar-refractivity contribution in [2.24, 2.45) is 0 Å². The highest BCUT2D eigenvalue weighted by Gasteiger charge is 2.25. The quantitative estimate of drug-likeness (QED) is 0.645. The maximum Gasteiger partial charge on any atom is 0.233 e. The first kappa shape index (κ1) is 21.4. The number of hydrogen-bond donors (Lipinski definition) is 0. The average molecular weight is 415 g/mol. The van der Waals surface area contributed by atoms with Crippen LogP contribution in [0.5, 0.6) is 5.88 Å². The largest absolute Gasteiger partial charge is 0.471 e. The maximum absolute atomic E-state index is 12.8. The second-order valence-corrected chi connectivity index (χ2v) is 9.48. The highest BCUT2D eigenvalue weighted by atomic mass is 32.2. The molecular weight excluding hydrogens is 384 g/mol. The number of aromatic nitrogens is 2.